The molecule has 0 atom stereocenters. The van der Waals surface area contributed by atoms with E-state index < -0.39 is 0 Å². The van der Waals surface area contributed by atoms with Gasteiger partial charge in [0.15, 0.2) is 28.0 Å². The van der Waals surface area contributed by atoms with Crippen LogP contribution in [0.5, 0.6) is 5.75 Å². The van der Waals surface area contributed by atoms with E-state index in [-0.39, 0.29) is 18.5 Å². The van der Waals surface area contributed by atoms with Crippen LogP contribution in [0.15, 0.2) is 47.1 Å². The molecule has 1 fully saturated rings. The number of thiazole rings is 1. The average Bonchev–Trinajstić information content (AvgIpc) is 3.47. The molecule has 1 amide bonds. The van der Waals surface area contributed by atoms with Crippen LogP contribution >= 0.6 is 11.3 Å². The van der Waals surface area contributed by atoms with Crippen molar-refractivity contribution in [3.05, 3.63) is 48.2 Å². The van der Waals surface area contributed by atoms with Crippen molar-refractivity contribution in [1.29, 1.82) is 0 Å². The summed E-state index contributed by atoms with van der Waals surface area (Å²) in [6.07, 6.45) is 1.61. The lowest BCUT2D eigenvalue weighted by Gasteiger charge is -2.35. The third-order valence-electron chi connectivity index (χ3n) is 5.27. The SMILES string of the molecule is Cc1cccc(OCC(=O)N2CCN(c3nc(N)nc4sc(-c5ccco5)nc34)CC2)c1. The minimum absolute atomic E-state index is 0.0206. The number of carbonyl (C=O) groups is 1. The van der Waals surface area contributed by atoms with Gasteiger partial charge in [-0.3, -0.25) is 4.79 Å². The first kappa shape index (κ1) is 20.3. The molecule has 2 N–H and O–H groups in total. The van der Waals surface area contributed by atoms with Crippen molar-refractivity contribution in [3.63, 3.8) is 0 Å². The highest BCUT2D eigenvalue weighted by molar-refractivity contribution is 7.21. The van der Waals surface area contributed by atoms with Crippen molar-refractivity contribution in [2.75, 3.05) is 43.4 Å². The van der Waals surface area contributed by atoms with Crippen molar-refractivity contribution in [2.24, 2.45) is 0 Å². The van der Waals surface area contributed by atoms with Gasteiger partial charge in [0.05, 0.1) is 6.26 Å². The second-order valence-electron chi connectivity index (χ2n) is 7.53. The number of anilines is 2. The van der Waals surface area contributed by atoms with Gasteiger partial charge in [-0.25, -0.2) is 9.97 Å². The summed E-state index contributed by atoms with van der Waals surface area (Å²) in [4.78, 5) is 30.7. The first-order valence-corrected chi connectivity index (χ1v) is 11.1. The number of carbonyl (C=O) groups excluding carboxylic acids is 1. The Morgan fingerprint density at radius 1 is 1.16 bits per heavy atom. The molecular weight excluding hydrogens is 428 g/mol. The molecule has 32 heavy (non-hydrogen) atoms. The van der Waals surface area contributed by atoms with E-state index in [4.69, 9.17) is 19.9 Å². The average molecular weight is 451 g/mol. The lowest BCUT2D eigenvalue weighted by molar-refractivity contribution is -0.133. The molecular formula is C22H22N6O3S. The van der Waals surface area contributed by atoms with Gasteiger partial charge < -0.3 is 24.7 Å². The van der Waals surface area contributed by atoms with Crippen LogP contribution in [-0.2, 0) is 4.79 Å². The minimum Gasteiger partial charge on any atom is -0.484 e. The third-order valence-corrected chi connectivity index (χ3v) is 6.24. The fourth-order valence-corrected chi connectivity index (χ4v) is 4.57. The highest BCUT2D eigenvalue weighted by Gasteiger charge is 2.25. The largest absolute Gasteiger partial charge is 0.484 e. The van der Waals surface area contributed by atoms with Crippen molar-refractivity contribution in [3.8, 4) is 16.5 Å². The number of piperazine rings is 1. The number of nitrogens with two attached hydrogens (primary N) is 1. The van der Waals surface area contributed by atoms with Crippen LogP contribution in [0.1, 0.15) is 5.56 Å². The molecule has 9 nitrogen and oxygen atoms in total. The Hall–Kier alpha value is -3.66. The van der Waals surface area contributed by atoms with Crippen LogP contribution in [0.2, 0.25) is 0 Å². The molecule has 0 unspecified atom stereocenters. The van der Waals surface area contributed by atoms with Gasteiger partial charge in [-0.1, -0.05) is 23.5 Å². The summed E-state index contributed by atoms with van der Waals surface area (Å²) in [5.74, 6) is 2.23. The normalized spacial score (nSPS) is 14.2. The van der Waals surface area contributed by atoms with E-state index in [1.54, 1.807) is 6.26 Å². The number of nitrogen functional groups attached to an aromatic ring is 1. The number of fused-ring (bicyclic) bond motifs is 1. The number of ether oxygens (including phenoxy) is 1. The summed E-state index contributed by atoms with van der Waals surface area (Å²) < 4.78 is 11.1. The molecule has 1 saturated heterocycles. The van der Waals surface area contributed by atoms with E-state index >= 15 is 0 Å². The molecule has 0 saturated carbocycles. The van der Waals surface area contributed by atoms with Gasteiger partial charge in [-0.2, -0.15) is 4.98 Å². The molecule has 1 aliphatic rings. The fraction of sp³-hybridized carbons (Fsp3) is 0.273. The van der Waals surface area contributed by atoms with Crippen molar-refractivity contribution in [1.82, 2.24) is 19.9 Å². The van der Waals surface area contributed by atoms with Crippen LogP contribution in [0.25, 0.3) is 21.1 Å². The molecule has 4 heterocycles. The second-order valence-corrected chi connectivity index (χ2v) is 8.51. The maximum atomic E-state index is 12.6. The van der Waals surface area contributed by atoms with E-state index in [2.05, 4.69) is 14.9 Å². The van der Waals surface area contributed by atoms with E-state index in [0.29, 0.717) is 53.9 Å². The number of rotatable bonds is 5. The van der Waals surface area contributed by atoms with Gasteiger partial charge in [0.1, 0.15) is 11.3 Å². The number of benzene rings is 1. The molecule has 5 rings (SSSR count). The van der Waals surface area contributed by atoms with Crippen LogP contribution in [0.4, 0.5) is 11.8 Å². The number of nitrogens with zero attached hydrogens (tertiary/aromatic N) is 5. The molecule has 1 aliphatic heterocycles. The second kappa shape index (κ2) is 8.46. The Labute approximate surface area is 188 Å². The zero-order chi connectivity index (χ0) is 22.1. The van der Waals surface area contributed by atoms with Gasteiger partial charge >= 0.3 is 0 Å². The predicted molar refractivity (Wildman–Crippen MR) is 123 cm³/mol. The van der Waals surface area contributed by atoms with Crippen molar-refractivity contribution < 1.29 is 13.9 Å². The third kappa shape index (κ3) is 4.09. The zero-order valence-corrected chi connectivity index (χ0v) is 18.3. The number of aryl methyl sites for hydroxylation is 1. The maximum absolute atomic E-state index is 12.6. The van der Waals surface area contributed by atoms with Crippen LogP contribution < -0.4 is 15.4 Å². The summed E-state index contributed by atoms with van der Waals surface area (Å²) in [6.45, 7) is 4.38. The van der Waals surface area contributed by atoms with Crippen LogP contribution in [0.3, 0.4) is 0 Å². The fourth-order valence-electron chi connectivity index (χ4n) is 3.66. The number of hydrogen-bond acceptors (Lipinski definition) is 9. The first-order valence-electron chi connectivity index (χ1n) is 10.3. The summed E-state index contributed by atoms with van der Waals surface area (Å²) in [6, 6.07) is 11.4. The van der Waals surface area contributed by atoms with E-state index in [1.165, 1.54) is 11.3 Å². The van der Waals surface area contributed by atoms with Gasteiger partial charge in [0.25, 0.3) is 5.91 Å². The Morgan fingerprint density at radius 2 is 2.00 bits per heavy atom. The van der Waals surface area contributed by atoms with E-state index in [1.807, 2.05) is 48.2 Å². The molecule has 164 valence electrons. The van der Waals surface area contributed by atoms with Crippen molar-refractivity contribution in [2.45, 2.75) is 6.92 Å². The van der Waals surface area contributed by atoms with Gasteiger partial charge in [-0.05, 0) is 36.8 Å². The highest BCUT2D eigenvalue weighted by atomic mass is 32.1. The smallest absolute Gasteiger partial charge is 0.260 e. The quantitative estimate of drug-likeness (QED) is 0.494. The monoisotopic (exact) mass is 450 g/mol. The standard InChI is InChI=1S/C22H22N6O3S/c1-14-4-2-5-15(12-14)31-13-17(29)27-7-9-28(10-8-27)19-18-21(26-22(23)25-19)32-20(24-18)16-6-3-11-30-16/h2-6,11-12H,7-10,13H2,1H3,(H2,23,25,26). The Morgan fingerprint density at radius 3 is 2.75 bits per heavy atom. The highest BCUT2D eigenvalue weighted by Crippen LogP contribution is 2.34. The number of furan rings is 1. The Kier molecular flexibility index (Phi) is 5.36. The van der Waals surface area contributed by atoms with Gasteiger partial charge in [0, 0.05) is 26.2 Å². The van der Waals surface area contributed by atoms with Crippen LogP contribution in [0, 0.1) is 6.92 Å². The van der Waals surface area contributed by atoms with Gasteiger partial charge in [-0.15, -0.1) is 0 Å². The Bertz CT molecular complexity index is 1250. The summed E-state index contributed by atoms with van der Waals surface area (Å²) in [5, 5.41) is 0.730. The number of hydrogen-bond donors (Lipinski definition) is 1. The molecule has 0 radical (unpaired) electrons. The van der Waals surface area contributed by atoms with Crippen LogP contribution in [-0.4, -0.2) is 58.5 Å². The lowest BCUT2D eigenvalue weighted by atomic mass is 10.2. The molecule has 4 aromatic rings. The first-order chi connectivity index (χ1) is 15.6. The van der Waals surface area contributed by atoms with Crippen molar-refractivity contribution >= 4 is 39.4 Å². The van der Waals surface area contributed by atoms with Gasteiger partial charge in [0.2, 0.25) is 5.95 Å². The molecule has 0 spiro atoms. The summed E-state index contributed by atoms with van der Waals surface area (Å²) in [5.41, 5.74) is 7.75. The molecule has 10 heteroatoms. The minimum atomic E-state index is -0.0349. The molecule has 0 bridgehead atoms. The van der Waals surface area contributed by atoms with E-state index in [0.717, 1.165) is 10.6 Å². The summed E-state index contributed by atoms with van der Waals surface area (Å²) in [7, 11) is 0. The molecule has 3 aromatic heterocycles. The Balaban J connectivity index is 1.27. The summed E-state index contributed by atoms with van der Waals surface area (Å²) >= 11 is 1.41. The number of aromatic nitrogens is 3. The topological polar surface area (TPSA) is 111 Å². The maximum Gasteiger partial charge on any atom is 0.260 e. The lowest BCUT2D eigenvalue weighted by Crippen LogP contribution is -2.50. The predicted octanol–water partition coefficient (Wildman–Crippen LogP) is 2.96. The zero-order valence-electron chi connectivity index (χ0n) is 17.5. The van der Waals surface area contributed by atoms with E-state index in [9.17, 15) is 4.79 Å². The number of amides is 1. The molecule has 1 aromatic carbocycles. The molecule has 0 aliphatic carbocycles.